The number of nitrogens with zero attached hydrogens (tertiary/aromatic N) is 9. The Hall–Kier alpha value is -9.40. The van der Waals surface area contributed by atoms with E-state index in [1.807, 2.05) is 104 Å². The van der Waals surface area contributed by atoms with Gasteiger partial charge in [0.05, 0.1) is 22.6 Å². The second-order valence-electron chi connectivity index (χ2n) is 35.2. The van der Waals surface area contributed by atoms with E-state index in [4.69, 9.17) is 9.15 Å². The molecule has 0 saturated carbocycles. The summed E-state index contributed by atoms with van der Waals surface area (Å²) in [5.74, 6) is 1.21. The van der Waals surface area contributed by atoms with E-state index >= 15 is 0 Å². The molecule has 0 bridgehead atoms. The predicted octanol–water partition coefficient (Wildman–Crippen LogP) is 24.3. The molecular formula is C104H119BF2Ir3N11O3Rh-4. The molecule has 0 amide bonds. The molecule has 3 unspecified atom stereocenters. The monoisotopic (exact) mass is 2300 g/mol. The number of fused-ring (bicyclic) bond motifs is 1. The summed E-state index contributed by atoms with van der Waals surface area (Å²) >= 11 is 0. The van der Waals surface area contributed by atoms with E-state index in [9.17, 15) is 13.6 Å². The molecule has 1 aliphatic rings. The molecule has 0 aliphatic carbocycles. The standard InChI is InChI=1S/C20H28N2.C18H16NO2.C17H24NO.C16H18N.C15H15F2N2.C12H10B.2C3H4N2.3Ir.Rh/c1-19(2,3)13-15-7-9-21-17(11-15)18-12-16(8-10-22-18)14-20(4,5)6;1-3-12(2)13-7-8-14-10-15(16-6-4-5-9-19-16)18(20)21-17(14)11-13;1-7-12(2)13-8-9-18-14(10-13)15-11-16(3,4)17(5,6)19-15;1-12(2)13(3)15-9-10-17-16(11-15)14-7-5-4-6-8-14;1-15(2,3)9-10-6-7-18-12(8-10)11-4-5-13(16)19-14(11)17;1-3-7-11(8-4-1)13-12-9-5-2-6-10-12;2*1-2-4-5-3-1;;;;/h7-12H,13-14H2,1-6H3;4-9,11-12H,3H2,1-2H3;8-10,12H,7H2,1-6H3;4-7,9-13H,1-3H3;5-8H,9H2,1-3H3;1-10H;2*1-3H,(H,4,5);;;;/q;4*-1;;;;;;;. The van der Waals surface area contributed by atoms with Gasteiger partial charge in [-0.05, 0) is 191 Å². The van der Waals surface area contributed by atoms with Crippen LogP contribution in [0, 0.1) is 63.7 Å². The molecule has 3 atom stereocenters. The summed E-state index contributed by atoms with van der Waals surface area (Å²) in [7, 11) is 2.17. The predicted molar refractivity (Wildman–Crippen MR) is 492 cm³/mol. The third-order valence-electron chi connectivity index (χ3n) is 20.2. The number of rotatable bonds is 16. The number of hydrogen-bond donors (Lipinski definition) is 2. The van der Waals surface area contributed by atoms with Crippen LogP contribution in [0.2, 0.25) is 0 Å². The van der Waals surface area contributed by atoms with Gasteiger partial charge in [0, 0.05) is 147 Å². The van der Waals surface area contributed by atoms with Crippen LogP contribution in [-0.2, 0) is 104 Å². The van der Waals surface area contributed by atoms with Crippen molar-refractivity contribution < 1.29 is 97.7 Å². The van der Waals surface area contributed by atoms with Gasteiger partial charge in [-0.15, -0.1) is 60.2 Å². The van der Waals surface area contributed by atoms with E-state index in [1.165, 1.54) is 38.7 Å². The minimum absolute atomic E-state index is 0. The average molecular weight is 2300 g/mol. The van der Waals surface area contributed by atoms with Gasteiger partial charge in [-0.25, -0.2) is 14.9 Å². The van der Waals surface area contributed by atoms with Crippen molar-refractivity contribution in [1.29, 1.82) is 0 Å². The van der Waals surface area contributed by atoms with E-state index in [0.717, 1.165) is 83.2 Å². The molecule has 4 aromatic carbocycles. The number of aromatic amines is 2. The number of aromatic nitrogens is 11. The molecule has 0 saturated heterocycles. The summed E-state index contributed by atoms with van der Waals surface area (Å²) in [6, 6.07) is 74.3. The van der Waals surface area contributed by atoms with Crippen molar-refractivity contribution in [2.45, 2.75) is 194 Å². The first-order chi connectivity index (χ1) is 57.6. The van der Waals surface area contributed by atoms with Crippen LogP contribution in [0.25, 0.3) is 61.9 Å². The van der Waals surface area contributed by atoms with Crippen LogP contribution in [0.3, 0.4) is 0 Å². The van der Waals surface area contributed by atoms with Crippen LogP contribution in [-0.4, -0.2) is 68.2 Å². The second kappa shape index (κ2) is 52.6. The van der Waals surface area contributed by atoms with E-state index < -0.39 is 17.5 Å². The Kier molecular flexibility index (Phi) is 45.5. The van der Waals surface area contributed by atoms with Gasteiger partial charge in [-0.2, -0.15) is 10.2 Å². The van der Waals surface area contributed by atoms with Crippen LogP contribution in [0.1, 0.15) is 208 Å². The Balaban J connectivity index is 0.000000306. The fraction of sp³-hybridized carbons (Fsp3) is 0.327. The van der Waals surface area contributed by atoms with Crippen molar-refractivity contribution in [3.8, 4) is 45.2 Å². The maximum Gasteiger partial charge on any atom is 0.268 e. The van der Waals surface area contributed by atoms with Gasteiger partial charge in [0.2, 0.25) is 0 Å². The second-order valence-corrected chi connectivity index (χ2v) is 35.2. The van der Waals surface area contributed by atoms with Crippen molar-refractivity contribution in [1.82, 2.24) is 55.3 Å². The first kappa shape index (κ1) is 108. The van der Waals surface area contributed by atoms with Gasteiger partial charge in [0.1, 0.15) is 11.9 Å². The number of H-pyrrole nitrogens is 2. The van der Waals surface area contributed by atoms with E-state index in [-0.39, 0.29) is 113 Å². The molecule has 2 N–H and O–H groups in total. The Morgan fingerprint density at radius 1 is 0.472 bits per heavy atom. The molecule has 15 rings (SSSR count). The number of pyridine rings is 7. The molecule has 11 heterocycles. The van der Waals surface area contributed by atoms with Crippen molar-refractivity contribution in [3.05, 3.63) is 348 Å². The van der Waals surface area contributed by atoms with Crippen LogP contribution < -0.4 is 16.6 Å². The minimum atomic E-state index is -0.889. The zero-order valence-corrected chi connectivity index (χ0v) is 84.4. The summed E-state index contributed by atoms with van der Waals surface area (Å²) < 4.78 is 37.9. The topological polar surface area (TPSA) is 187 Å². The Morgan fingerprint density at radius 3 is 1.38 bits per heavy atom. The number of ether oxygens (including phenoxy) is 1. The van der Waals surface area contributed by atoms with Gasteiger partial charge in [-0.3, -0.25) is 34.9 Å². The quantitative estimate of drug-likeness (QED) is 0.0404. The number of hydrogen-bond acceptors (Lipinski definition) is 12. The van der Waals surface area contributed by atoms with Gasteiger partial charge in [-0.1, -0.05) is 272 Å². The van der Waals surface area contributed by atoms with Crippen LogP contribution in [0.4, 0.5) is 8.78 Å². The fourth-order valence-electron chi connectivity index (χ4n) is 12.5. The third-order valence-corrected chi connectivity index (χ3v) is 20.2. The zero-order chi connectivity index (χ0) is 87.8. The Bertz CT molecular complexity index is 5350. The molecule has 665 valence electrons. The largest absolute Gasteiger partial charge is 0.525 e. The molecule has 125 heavy (non-hydrogen) atoms. The molecule has 0 spiro atoms. The van der Waals surface area contributed by atoms with Crippen LogP contribution >= 0.6 is 0 Å². The summed E-state index contributed by atoms with van der Waals surface area (Å²) in [6.45, 7) is 43.9. The van der Waals surface area contributed by atoms with Crippen molar-refractivity contribution in [2.75, 3.05) is 0 Å². The van der Waals surface area contributed by atoms with Gasteiger partial charge in [0.15, 0.2) is 7.28 Å². The minimum Gasteiger partial charge on any atom is -0.525 e. The summed E-state index contributed by atoms with van der Waals surface area (Å²) in [5, 5.41) is 13.2. The van der Waals surface area contributed by atoms with Gasteiger partial charge >= 0.3 is 0 Å². The Morgan fingerprint density at radius 2 is 0.936 bits per heavy atom. The summed E-state index contributed by atoms with van der Waals surface area (Å²) in [6.07, 6.45) is 26.3. The first-order valence-corrected chi connectivity index (χ1v) is 41.6. The van der Waals surface area contributed by atoms with Gasteiger partial charge in [0.25, 0.3) is 5.63 Å². The van der Waals surface area contributed by atoms with E-state index in [0.29, 0.717) is 46.2 Å². The van der Waals surface area contributed by atoms with Crippen LogP contribution in [0.5, 0.6) is 0 Å². The summed E-state index contributed by atoms with van der Waals surface area (Å²) in [4.78, 5) is 41.5. The molecule has 0 fully saturated rings. The zero-order valence-electron chi connectivity index (χ0n) is 75.6. The maximum atomic E-state index is 13.6. The smallest absolute Gasteiger partial charge is 0.268 e. The molecular weight excluding hydrogens is 2180 g/mol. The van der Waals surface area contributed by atoms with E-state index in [1.54, 1.807) is 49.3 Å². The fourth-order valence-corrected chi connectivity index (χ4v) is 12.5. The molecule has 5 radical (unpaired) electrons. The molecule has 1 aliphatic heterocycles. The van der Waals surface area contributed by atoms with Gasteiger partial charge < -0.3 is 24.1 Å². The van der Waals surface area contributed by atoms with Crippen molar-refractivity contribution >= 4 is 34.9 Å². The normalized spacial score (nSPS) is 12.7. The summed E-state index contributed by atoms with van der Waals surface area (Å²) in [5.41, 5.74) is 16.9. The molecule has 10 aromatic heterocycles. The average Bonchev–Trinajstić information content (AvgIpc) is 1.72. The molecule has 14 aromatic rings. The van der Waals surface area contributed by atoms with Crippen molar-refractivity contribution in [2.24, 2.45) is 27.6 Å². The van der Waals surface area contributed by atoms with E-state index in [2.05, 4.69) is 328 Å². The first-order valence-electron chi connectivity index (χ1n) is 41.6. The van der Waals surface area contributed by atoms with Crippen molar-refractivity contribution in [3.63, 3.8) is 0 Å². The third kappa shape index (κ3) is 36.8. The SMILES string of the molecule is CC(C)(C)Cc1ccnc(-c2[c-]cc(F)nc2F)c1.CC(C)(C)Cc1ccnc(-c2cc(CC(C)(C)C)ccn2)c1.CC(C)C(C)c1ccnc(-c2[c-]cccc2)c1.CCC(C)c1ccc2[c-]c(-c3ccccn3)c(=O)oc2c1.CCC(C)c1ccnc(C2=[C-]C(C)(C)C(C)(C)O2)c1.[B](c1ccccc1)c1ccccc1.[Ir].[Ir].[Ir].[Rh].c1cn[nH]c1.c1cn[nH]c1. The number of benzene rings is 4. The maximum absolute atomic E-state index is 13.6. The Labute approximate surface area is 795 Å². The number of halogens is 2. The molecule has 14 nitrogen and oxygen atoms in total. The number of nitrogens with one attached hydrogen (secondary N) is 2. The molecule has 21 heteroatoms. The van der Waals surface area contributed by atoms with Crippen LogP contribution in [0.15, 0.2) is 271 Å².